The number of carbonyl (C=O) groups is 1. The monoisotopic (exact) mass is 386 g/mol. The second-order valence-electron chi connectivity index (χ2n) is 7.62. The Balaban J connectivity index is 0.00000196. The van der Waals surface area contributed by atoms with E-state index in [2.05, 4.69) is 15.6 Å². The van der Waals surface area contributed by atoms with E-state index in [0.29, 0.717) is 44.9 Å². The van der Waals surface area contributed by atoms with Gasteiger partial charge >= 0.3 is 0 Å². The Labute approximate surface area is 158 Å². The molecule has 0 bridgehead atoms. The largest absolute Gasteiger partial charge is 0.390 e. The zero-order valence-electron chi connectivity index (χ0n) is 14.7. The molecular formula is C17H27ClN4O4. The van der Waals surface area contributed by atoms with Crippen molar-refractivity contribution >= 4 is 18.3 Å². The Morgan fingerprint density at radius 3 is 2.65 bits per heavy atom. The molecule has 3 N–H and O–H groups in total. The summed E-state index contributed by atoms with van der Waals surface area (Å²) in [7, 11) is 0. The molecule has 2 aliphatic carbocycles. The summed E-state index contributed by atoms with van der Waals surface area (Å²) < 4.78 is 7.03. The van der Waals surface area contributed by atoms with E-state index in [9.17, 15) is 15.0 Å². The number of halogens is 1. The fraction of sp³-hybridized carbons (Fsp3) is 0.824. The third-order valence-corrected chi connectivity index (χ3v) is 5.70. The van der Waals surface area contributed by atoms with Gasteiger partial charge in [-0.3, -0.25) is 9.48 Å². The van der Waals surface area contributed by atoms with Gasteiger partial charge in [-0.1, -0.05) is 5.21 Å². The molecule has 4 atom stereocenters. The fourth-order valence-corrected chi connectivity index (χ4v) is 3.92. The Morgan fingerprint density at radius 1 is 1.23 bits per heavy atom. The molecule has 4 rings (SSSR count). The lowest BCUT2D eigenvalue weighted by Crippen LogP contribution is -2.46. The highest BCUT2D eigenvalue weighted by Gasteiger charge is 2.43. The Kier molecular flexibility index (Phi) is 6.17. The van der Waals surface area contributed by atoms with E-state index in [1.54, 1.807) is 4.68 Å². The Hall–Kier alpha value is -1.22. The molecule has 1 amide bonds. The van der Waals surface area contributed by atoms with E-state index in [1.807, 2.05) is 6.20 Å². The molecule has 8 nitrogen and oxygen atoms in total. The number of amides is 1. The van der Waals surface area contributed by atoms with Gasteiger partial charge in [0.25, 0.3) is 0 Å². The third kappa shape index (κ3) is 4.19. The maximum absolute atomic E-state index is 12.4. The van der Waals surface area contributed by atoms with Crippen LogP contribution in [0.2, 0.25) is 0 Å². The number of aliphatic hydroxyl groups is 2. The highest BCUT2D eigenvalue weighted by atomic mass is 35.5. The van der Waals surface area contributed by atoms with Crippen LogP contribution in [0.5, 0.6) is 0 Å². The third-order valence-electron chi connectivity index (χ3n) is 5.70. The van der Waals surface area contributed by atoms with Crippen molar-refractivity contribution in [3.63, 3.8) is 0 Å². The predicted molar refractivity (Wildman–Crippen MR) is 94.8 cm³/mol. The van der Waals surface area contributed by atoms with Crippen molar-refractivity contribution in [1.82, 2.24) is 20.3 Å². The van der Waals surface area contributed by atoms with Gasteiger partial charge in [0.05, 0.1) is 17.8 Å². The van der Waals surface area contributed by atoms with Gasteiger partial charge in [0.2, 0.25) is 5.91 Å². The van der Waals surface area contributed by atoms with Crippen LogP contribution in [0.15, 0.2) is 6.20 Å². The van der Waals surface area contributed by atoms with Crippen LogP contribution in [0.25, 0.3) is 0 Å². The first-order chi connectivity index (χ1) is 12.1. The Morgan fingerprint density at radius 2 is 1.96 bits per heavy atom. The van der Waals surface area contributed by atoms with Crippen molar-refractivity contribution in [2.45, 2.75) is 62.8 Å². The first-order valence-electron chi connectivity index (χ1n) is 9.26. The highest BCUT2D eigenvalue weighted by molar-refractivity contribution is 5.85. The molecule has 2 heterocycles. The number of rotatable bonds is 5. The van der Waals surface area contributed by atoms with Crippen molar-refractivity contribution in [3.05, 3.63) is 11.9 Å². The van der Waals surface area contributed by atoms with Crippen LogP contribution < -0.4 is 5.32 Å². The fourth-order valence-electron chi connectivity index (χ4n) is 3.92. The van der Waals surface area contributed by atoms with Crippen LogP contribution in [0.1, 0.15) is 43.7 Å². The maximum Gasteiger partial charge on any atom is 0.223 e. The molecule has 0 unspecified atom stereocenters. The lowest BCUT2D eigenvalue weighted by molar-refractivity contribution is -0.129. The summed E-state index contributed by atoms with van der Waals surface area (Å²) in [6.45, 7) is 1.71. The summed E-state index contributed by atoms with van der Waals surface area (Å²) in [5.41, 5.74) is 1.01. The number of aliphatic hydroxyl groups excluding tert-OH is 2. The minimum absolute atomic E-state index is 0. The molecule has 2 saturated carbocycles. The number of carbonyl (C=O) groups excluding carboxylic acids is 1. The molecule has 1 aromatic rings. The number of nitrogens with one attached hydrogen (secondary N) is 1. The van der Waals surface area contributed by atoms with Crippen LogP contribution >= 0.6 is 12.4 Å². The van der Waals surface area contributed by atoms with Crippen molar-refractivity contribution in [3.8, 4) is 0 Å². The number of aromatic nitrogens is 3. The minimum atomic E-state index is -0.944. The standard InChI is InChI=1S/C17H26N4O4.ClH/c22-15-12(8-21-9-14(19-20-21)10-1-2-10)7-13(16(15)23)18-17(24)11-3-5-25-6-4-11;/h9-13,15-16,22-23H,1-8H2,(H,18,24);1H/t12-,13-,15-,16+;/m1./s1. The van der Waals surface area contributed by atoms with E-state index >= 15 is 0 Å². The first kappa shape index (κ1) is 19.5. The zero-order chi connectivity index (χ0) is 17.4. The smallest absolute Gasteiger partial charge is 0.223 e. The summed E-state index contributed by atoms with van der Waals surface area (Å²) in [6, 6.07) is -0.415. The van der Waals surface area contributed by atoms with E-state index < -0.39 is 18.2 Å². The highest BCUT2D eigenvalue weighted by Crippen LogP contribution is 2.38. The van der Waals surface area contributed by atoms with Gasteiger partial charge in [-0.05, 0) is 32.1 Å². The number of hydrogen-bond donors (Lipinski definition) is 3. The quantitative estimate of drug-likeness (QED) is 0.668. The van der Waals surface area contributed by atoms with Gasteiger partial charge in [-0.25, -0.2) is 0 Å². The van der Waals surface area contributed by atoms with Crippen molar-refractivity contribution in [2.75, 3.05) is 13.2 Å². The van der Waals surface area contributed by atoms with Crippen LogP contribution in [0, 0.1) is 11.8 Å². The minimum Gasteiger partial charge on any atom is -0.390 e. The average Bonchev–Trinajstić information content (AvgIpc) is 3.33. The summed E-state index contributed by atoms with van der Waals surface area (Å²) >= 11 is 0. The second kappa shape index (κ2) is 8.21. The molecule has 0 spiro atoms. The van der Waals surface area contributed by atoms with E-state index in [-0.39, 0.29) is 30.2 Å². The molecule has 1 saturated heterocycles. The molecule has 1 aliphatic heterocycles. The molecule has 26 heavy (non-hydrogen) atoms. The number of ether oxygens (including phenoxy) is 1. The molecule has 0 radical (unpaired) electrons. The molecular weight excluding hydrogens is 360 g/mol. The summed E-state index contributed by atoms with van der Waals surface area (Å²) in [5.74, 6) is 0.286. The van der Waals surface area contributed by atoms with Gasteiger partial charge in [-0.15, -0.1) is 17.5 Å². The maximum atomic E-state index is 12.4. The van der Waals surface area contributed by atoms with Crippen LogP contribution in [-0.2, 0) is 16.1 Å². The van der Waals surface area contributed by atoms with Crippen molar-refractivity contribution in [1.29, 1.82) is 0 Å². The first-order valence-corrected chi connectivity index (χ1v) is 9.26. The van der Waals surface area contributed by atoms with E-state index in [0.717, 1.165) is 5.69 Å². The molecule has 146 valence electrons. The Bertz CT molecular complexity index is 618. The van der Waals surface area contributed by atoms with Gasteiger partial charge in [-0.2, -0.15) is 0 Å². The summed E-state index contributed by atoms with van der Waals surface area (Å²) in [6.07, 6.45) is 4.43. The normalized spacial score (nSPS) is 32.2. The topological polar surface area (TPSA) is 110 Å². The number of hydrogen-bond acceptors (Lipinski definition) is 6. The summed E-state index contributed by atoms with van der Waals surface area (Å²) in [4.78, 5) is 12.4. The number of nitrogens with zero attached hydrogens (tertiary/aromatic N) is 3. The lowest BCUT2D eigenvalue weighted by atomic mass is 9.98. The van der Waals surface area contributed by atoms with Crippen LogP contribution in [0.4, 0.5) is 0 Å². The van der Waals surface area contributed by atoms with E-state index in [1.165, 1.54) is 12.8 Å². The SMILES string of the molecule is Cl.O=C(N[C@@H]1C[C@H](Cn2cc(C3CC3)nn2)[C@@H](O)[C@H]1O)C1CCOCC1. The molecule has 0 aromatic carbocycles. The van der Waals surface area contributed by atoms with Crippen molar-refractivity contribution < 1.29 is 19.7 Å². The molecule has 3 aliphatic rings. The molecule has 1 aromatic heterocycles. The van der Waals surface area contributed by atoms with Gasteiger partial charge in [0, 0.05) is 43.7 Å². The average molecular weight is 387 g/mol. The zero-order valence-corrected chi connectivity index (χ0v) is 15.5. The van der Waals surface area contributed by atoms with Gasteiger partial charge < -0.3 is 20.3 Å². The molecule has 3 fully saturated rings. The molecule has 9 heteroatoms. The van der Waals surface area contributed by atoms with Crippen molar-refractivity contribution in [2.24, 2.45) is 11.8 Å². The summed E-state index contributed by atoms with van der Waals surface area (Å²) in [5, 5.41) is 31.9. The van der Waals surface area contributed by atoms with Crippen LogP contribution in [-0.4, -0.2) is 62.6 Å². The van der Waals surface area contributed by atoms with Crippen LogP contribution in [0.3, 0.4) is 0 Å². The lowest BCUT2D eigenvalue weighted by Gasteiger charge is -2.24. The van der Waals surface area contributed by atoms with Gasteiger partial charge in [0.1, 0.15) is 6.10 Å². The predicted octanol–water partition coefficient (Wildman–Crippen LogP) is 0.230. The van der Waals surface area contributed by atoms with Gasteiger partial charge in [0.15, 0.2) is 0 Å². The van der Waals surface area contributed by atoms with E-state index in [4.69, 9.17) is 4.74 Å². The second-order valence-corrected chi connectivity index (χ2v) is 7.62.